The average Bonchev–Trinajstić information content (AvgIpc) is 3.87. The molecule has 4 saturated heterocycles. The first-order chi connectivity index (χ1) is 21.6. The molecule has 0 spiro atoms. The van der Waals surface area contributed by atoms with Gasteiger partial charge in [-0.2, -0.15) is 47.0 Å². The molecule has 10 heteroatoms. The quantitative estimate of drug-likeness (QED) is 0.109. The van der Waals surface area contributed by atoms with Crippen LogP contribution in [0.3, 0.4) is 0 Å². The minimum absolute atomic E-state index is 0.354. The zero-order chi connectivity index (χ0) is 29.6. The standard InChI is InChI=1S/C34H30O6S4/c35-33(39-13-23-17-43-23)27-9-19-5-1-3-7-25(19)29(31(27)37-11-21-15-41-21)30-26-8-4-2-6-20(26)10-28(32(30)38-12-22-16-42-22)34(36)40-14-24-18-44-24/h1-10,21-24H,11-18H2. The molecule has 4 aliphatic heterocycles. The first kappa shape index (κ1) is 28.8. The molecule has 0 aliphatic carbocycles. The highest BCUT2D eigenvalue weighted by Gasteiger charge is 2.33. The number of rotatable bonds is 13. The Labute approximate surface area is 272 Å². The van der Waals surface area contributed by atoms with E-state index in [9.17, 15) is 9.59 Å². The topological polar surface area (TPSA) is 71.1 Å². The first-order valence-electron chi connectivity index (χ1n) is 14.8. The molecule has 4 aromatic carbocycles. The van der Waals surface area contributed by atoms with E-state index in [2.05, 4.69) is 0 Å². The Kier molecular flexibility index (Phi) is 8.03. The lowest BCUT2D eigenvalue weighted by Crippen LogP contribution is -2.15. The van der Waals surface area contributed by atoms with E-state index < -0.39 is 11.9 Å². The number of carbonyl (C=O) groups is 2. The second-order valence-corrected chi connectivity index (χ2v) is 16.7. The Morgan fingerprint density at radius 2 is 0.932 bits per heavy atom. The van der Waals surface area contributed by atoms with E-state index in [1.54, 1.807) is 23.5 Å². The number of benzene rings is 4. The zero-order valence-corrected chi connectivity index (χ0v) is 27.1. The minimum atomic E-state index is -0.401. The highest BCUT2D eigenvalue weighted by atomic mass is 32.2. The molecule has 6 nitrogen and oxygen atoms in total. The van der Waals surface area contributed by atoms with Gasteiger partial charge in [-0.15, -0.1) is 0 Å². The van der Waals surface area contributed by atoms with Crippen molar-refractivity contribution in [3.05, 3.63) is 71.8 Å². The van der Waals surface area contributed by atoms with Crippen molar-refractivity contribution in [2.24, 2.45) is 0 Å². The van der Waals surface area contributed by atoms with Gasteiger partial charge >= 0.3 is 11.9 Å². The van der Waals surface area contributed by atoms with Crippen LogP contribution in [0, 0.1) is 0 Å². The fourth-order valence-electron chi connectivity index (χ4n) is 5.26. The molecule has 0 N–H and O–H groups in total. The van der Waals surface area contributed by atoms with Gasteiger partial charge in [0.2, 0.25) is 0 Å². The first-order valence-corrected chi connectivity index (χ1v) is 19.0. The van der Waals surface area contributed by atoms with Crippen LogP contribution in [0.5, 0.6) is 11.5 Å². The molecule has 4 heterocycles. The molecule has 226 valence electrons. The summed E-state index contributed by atoms with van der Waals surface area (Å²) in [5, 5.41) is 5.06. The molecule has 0 radical (unpaired) electrons. The Bertz CT molecular complexity index is 1630. The Morgan fingerprint density at radius 3 is 1.32 bits per heavy atom. The van der Waals surface area contributed by atoms with Crippen molar-refractivity contribution in [2.75, 3.05) is 49.4 Å². The van der Waals surface area contributed by atoms with E-state index in [4.69, 9.17) is 18.9 Å². The van der Waals surface area contributed by atoms with Gasteiger partial charge in [-0.3, -0.25) is 0 Å². The summed E-state index contributed by atoms with van der Waals surface area (Å²) in [5.74, 6) is 4.21. The van der Waals surface area contributed by atoms with E-state index in [-0.39, 0.29) is 0 Å². The van der Waals surface area contributed by atoms with Gasteiger partial charge in [-0.1, -0.05) is 48.5 Å². The summed E-state index contributed by atoms with van der Waals surface area (Å²) in [7, 11) is 0. The third-order valence-corrected chi connectivity index (χ3v) is 11.7. The molecule has 0 aromatic heterocycles. The van der Waals surface area contributed by atoms with Crippen LogP contribution in [0.15, 0.2) is 60.7 Å². The molecule has 44 heavy (non-hydrogen) atoms. The van der Waals surface area contributed by atoms with Gasteiger partial charge in [0.25, 0.3) is 0 Å². The van der Waals surface area contributed by atoms with E-state index in [1.165, 1.54) is 0 Å². The largest absolute Gasteiger partial charge is 0.491 e. The van der Waals surface area contributed by atoms with Gasteiger partial charge in [-0.25, -0.2) is 9.59 Å². The number of esters is 2. The van der Waals surface area contributed by atoms with Crippen molar-refractivity contribution < 1.29 is 28.5 Å². The monoisotopic (exact) mass is 662 g/mol. The van der Waals surface area contributed by atoms with E-state index >= 15 is 0 Å². The van der Waals surface area contributed by atoms with Gasteiger partial charge in [-0.05, 0) is 33.7 Å². The summed E-state index contributed by atoms with van der Waals surface area (Å²) in [6, 6.07) is 19.8. The maximum absolute atomic E-state index is 13.8. The van der Waals surface area contributed by atoms with Crippen LogP contribution in [-0.4, -0.2) is 82.4 Å². The predicted molar refractivity (Wildman–Crippen MR) is 183 cm³/mol. The molecule has 4 aromatic rings. The number of hydrogen-bond acceptors (Lipinski definition) is 10. The fraction of sp³-hybridized carbons (Fsp3) is 0.353. The fourth-order valence-corrected chi connectivity index (χ4v) is 6.85. The van der Waals surface area contributed by atoms with Crippen LogP contribution >= 0.6 is 47.0 Å². The highest BCUT2D eigenvalue weighted by molar-refractivity contribution is 8.07. The van der Waals surface area contributed by atoms with Crippen molar-refractivity contribution >= 4 is 80.5 Å². The number of fused-ring (bicyclic) bond motifs is 2. The Balaban J connectivity index is 1.37. The molecule has 4 fully saturated rings. The van der Waals surface area contributed by atoms with Gasteiger partial charge in [0.05, 0.1) is 0 Å². The van der Waals surface area contributed by atoms with Crippen molar-refractivity contribution in [1.29, 1.82) is 0 Å². The van der Waals surface area contributed by atoms with Crippen molar-refractivity contribution in [1.82, 2.24) is 0 Å². The summed E-state index contributed by atoms with van der Waals surface area (Å²) >= 11 is 7.26. The molecule has 4 atom stereocenters. The SMILES string of the molecule is O=C(OCC1CS1)c1cc2ccccc2c(-c2c(OCC3CS3)c(C(=O)OCC3CS3)cc3ccccc23)c1OCC1CS1. The second kappa shape index (κ2) is 12.3. The summed E-state index contributed by atoms with van der Waals surface area (Å²) in [6.45, 7) is 1.70. The van der Waals surface area contributed by atoms with Crippen molar-refractivity contribution in [3.63, 3.8) is 0 Å². The van der Waals surface area contributed by atoms with Crippen LogP contribution in [0.1, 0.15) is 20.7 Å². The molecule has 0 amide bonds. The zero-order valence-electron chi connectivity index (χ0n) is 23.8. The molecular weight excluding hydrogens is 633 g/mol. The smallest absolute Gasteiger partial charge is 0.342 e. The molecule has 8 rings (SSSR count). The van der Waals surface area contributed by atoms with Crippen LogP contribution in [0.25, 0.3) is 32.7 Å². The van der Waals surface area contributed by atoms with Crippen LogP contribution in [0.2, 0.25) is 0 Å². The van der Waals surface area contributed by atoms with Gasteiger partial charge in [0, 0.05) is 55.1 Å². The van der Waals surface area contributed by atoms with Crippen LogP contribution < -0.4 is 9.47 Å². The van der Waals surface area contributed by atoms with Crippen LogP contribution in [0.4, 0.5) is 0 Å². The third-order valence-electron chi connectivity index (χ3n) is 7.93. The number of ether oxygens (including phenoxy) is 4. The third kappa shape index (κ3) is 6.36. The molecule has 0 bridgehead atoms. The van der Waals surface area contributed by atoms with Crippen LogP contribution in [-0.2, 0) is 9.47 Å². The number of thioether (sulfide) groups is 4. The van der Waals surface area contributed by atoms with E-state index in [0.29, 0.717) is 70.1 Å². The summed E-state index contributed by atoms with van der Waals surface area (Å²) < 4.78 is 24.9. The van der Waals surface area contributed by atoms with Gasteiger partial charge in [0.1, 0.15) is 49.1 Å². The summed E-state index contributed by atoms with van der Waals surface area (Å²) in [5.41, 5.74) is 2.26. The minimum Gasteiger partial charge on any atom is -0.491 e. The molecule has 0 saturated carbocycles. The maximum atomic E-state index is 13.8. The lowest BCUT2D eigenvalue weighted by atomic mass is 9.88. The molecule has 4 unspecified atom stereocenters. The second-order valence-electron chi connectivity index (χ2n) is 11.3. The predicted octanol–water partition coefficient (Wildman–Crippen LogP) is 7.19. The Hall–Kier alpha value is -2.66. The Morgan fingerprint density at radius 1 is 0.568 bits per heavy atom. The number of hydrogen-bond donors (Lipinski definition) is 0. The van der Waals surface area contributed by atoms with Gasteiger partial charge in [0.15, 0.2) is 0 Å². The lowest BCUT2D eigenvalue weighted by Gasteiger charge is -2.23. The van der Waals surface area contributed by atoms with Crippen molar-refractivity contribution in [2.45, 2.75) is 21.0 Å². The molecular formula is C34H30O6S4. The van der Waals surface area contributed by atoms with E-state index in [1.807, 2.05) is 84.2 Å². The average molecular weight is 663 g/mol. The lowest BCUT2D eigenvalue weighted by molar-refractivity contribution is 0.0503. The maximum Gasteiger partial charge on any atom is 0.342 e. The highest BCUT2D eigenvalue weighted by Crippen LogP contribution is 2.50. The summed E-state index contributed by atoms with van der Waals surface area (Å²) in [6.07, 6.45) is 0. The summed E-state index contributed by atoms with van der Waals surface area (Å²) in [4.78, 5) is 27.5. The van der Waals surface area contributed by atoms with Crippen molar-refractivity contribution in [3.8, 4) is 22.6 Å². The van der Waals surface area contributed by atoms with Gasteiger partial charge < -0.3 is 18.9 Å². The van der Waals surface area contributed by atoms with E-state index in [0.717, 1.165) is 55.7 Å². The normalized spacial score (nSPS) is 22.8. The molecule has 4 aliphatic rings. The number of carbonyl (C=O) groups excluding carboxylic acids is 2.